The van der Waals surface area contributed by atoms with Crippen LogP contribution in [0.5, 0.6) is 11.5 Å². The number of methoxy groups -OCH3 is 2. The van der Waals surface area contributed by atoms with Gasteiger partial charge >= 0.3 is 6.18 Å². The number of hydrogen-bond acceptors (Lipinski definition) is 6. The lowest BCUT2D eigenvalue weighted by Gasteiger charge is -2.06. The van der Waals surface area contributed by atoms with E-state index in [9.17, 15) is 18.0 Å². The van der Waals surface area contributed by atoms with Gasteiger partial charge in [-0.25, -0.2) is 0 Å². The van der Waals surface area contributed by atoms with Crippen LogP contribution in [0.3, 0.4) is 0 Å². The number of anilines is 1. The van der Waals surface area contributed by atoms with Crippen molar-refractivity contribution in [3.05, 3.63) is 29.3 Å². The third-order valence-corrected chi connectivity index (χ3v) is 6.27. The van der Waals surface area contributed by atoms with E-state index in [0.29, 0.717) is 22.1 Å². The molecule has 1 saturated carbocycles. The molecule has 1 fully saturated rings. The normalized spacial score (nSPS) is 20.6. The van der Waals surface area contributed by atoms with E-state index in [1.165, 1.54) is 14.2 Å². The number of alkyl halides is 3. The molecule has 2 unspecified atom stereocenters. The molecule has 1 aliphatic rings. The number of nitrogens with zero attached hydrogens (tertiary/aromatic N) is 2. The highest BCUT2D eigenvalue weighted by Crippen LogP contribution is 2.60. The Morgan fingerprint density at radius 3 is 2.33 bits per heavy atom. The summed E-state index contributed by atoms with van der Waals surface area (Å²) in [6, 6.07) is 5.21. The number of nitrogens with one attached hydrogen (secondary N) is 1. The molecule has 1 aromatic heterocycles. The standard InChI is InChI=1S/C19H19ClF3N3O3S/c1-18(2)12(8-13(20)19(21,22)23)14(18)15(27)24-17-26-25-16(30-17)9-5-10(28-3)7-11(6-9)29-4/h5-8,12,14H,1-4H3,(H,24,26,27)/b13-8+. The van der Waals surface area contributed by atoms with Crippen LogP contribution < -0.4 is 14.8 Å². The number of carbonyl (C=O) groups is 1. The monoisotopic (exact) mass is 461 g/mol. The average Bonchev–Trinajstić information content (AvgIpc) is 3.01. The van der Waals surface area contributed by atoms with Crippen molar-refractivity contribution in [2.24, 2.45) is 17.3 Å². The van der Waals surface area contributed by atoms with Gasteiger partial charge in [-0.3, -0.25) is 4.79 Å². The van der Waals surface area contributed by atoms with Crippen molar-refractivity contribution < 1.29 is 27.4 Å². The van der Waals surface area contributed by atoms with Crippen LogP contribution in [0.25, 0.3) is 10.6 Å². The average molecular weight is 462 g/mol. The van der Waals surface area contributed by atoms with Gasteiger partial charge in [-0.05, 0) is 23.5 Å². The van der Waals surface area contributed by atoms with Gasteiger partial charge < -0.3 is 14.8 Å². The second-order valence-electron chi connectivity index (χ2n) is 7.34. The van der Waals surface area contributed by atoms with E-state index in [-0.39, 0.29) is 5.13 Å². The van der Waals surface area contributed by atoms with Gasteiger partial charge in [-0.1, -0.05) is 42.9 Å². The highest BCUT2D eigenvalue weighted by molar-refractivity contribution is 7.18. The molecule has 0 radical (unpaired) electrons. The first-order chi connectivity index (χ1) is 14.0. The molecule has 0 spiro atoms. The summed E-state index contributed by atoms with van der Waals surface area (Å²) in [5, 5.41) is 10.2. The van der Waals surface area contributed by atoms with Crippen molar-refractivity contribution in [1.82, 2.24) is 10.2 Å². The zero-order valence-electron chi connectivity index (χ0n) is 16.5. The van der Waals surface area contributed by atoms with Crippen molar-refractivity contribution >= 4 is 34.0 Å². The maximum absolute atomic E-state index is 12.7. The van der Waals surface area contributed by atoms with Crippen molar-refractivity contribution in [1.29, 1.82) is 0 Å². The number of carbonyl (C=O) groups excluding carboxylic acids is 1. The Morgan fingerprint density at radius 2 is 1.80 bits per heavy atom. The molecule has 1 N–H and O–H groups in total. The first-order valence-electron chi connectivity index (χ1n) is 8.79. The molecule has 1 amide bonds. The van der Waals surface area contributed by atoms with Crippen molar-refractivity contribution in [2.45, 2.75) is 20.0 Å². The van der Waals surface area contributed by atoms with E-state index >= 15 is 0 Å². The van der Waals surface area contributed by atoms with Crippen molar-refractivity contribution in [3.63, 3.8) is 0 Å². The van der Waals surface area contributed by atoms with Crippen molar-refractivity contribution in [3.8, 4) is 22.1 Å². The molecule has 2 aromatic rings. The first-order valence-corrected chi connectivity index (χ1v) is 9.99. The number of rotatable bonds is 6. The second kappa shape index (κ2) is 8.07. The van der Waals surface area contributed by atoms with Gasteiger partial charge in [0.15, 0.2) is 0 Å². The highest BCUT2D eigenvalue weighted by Gasteiger charge is 2.61. The summed E-state index contributed by atoms with van der Waals surface area (Å²) in [6.07, 6.45) is -3.73. The number of ether oxygens (including phenoxy) is 2. The van der Waals surface area contributed by atoms with Crippen LogP contribution >= 0.6 is 22.9 Å². The molecule has 6 nitrogen and oxygen atoms in total. The Hall–Kier alpha value is -2.33. The van der Waals surface area contributed by atoms with Crippen LogP contribution in [0.4, 0.5) is 18.3 Å². The number of halogens is 4. The van der Waals surface area contributed by atoms with Gasteiger partial charge in [0.1, 0.15) is 21.5 Å². The number of aromatic nitrogens is 2. The fraction of sp³-hybridized carbons (Fsp3) is 0.421. The van der Waals surface area contributed by atoms with Crippen LogP contribution in [0.1, 0.15) is 13.8 Å². The van der Waals surface area contributed by atoms with E-state index in [0.717, 1.165) is 17.4 Å². The predicted molar refractivity (Wildman–Crippen MR) is 108 cm³/mol. The quantitative estimate of drug-likeness (QED) is 0.646. The first kappa shape index (κ1) is 22.4. The lowest BCUT2D eigenvalue weighted by Crippen LogP contribution is -2.16. The Balaban J connectivity index is 1.75. The number of amides is 1. The lowest BCUT2D eigenvalue weighted by atomic mass is 10.1. The minimum Gasteiger partial charge on any atom is -0.497 e. The third-order valence-electron chi connectivity index (χ3n) is 5.04. The molecule has 1 heterocycles. The number of hydrogen-bond donors (Lipinski definition) is 1. The number of benzene rings is 1. The summed E-state index contributed by atoms with van der Waals surface area (Å²) in [5.41, 5.74) is 0.0390. The summed E-state index contributed by atoms with van der Waals surface area (Å²) in [6.45, 7) is 3.43. The van der Waals surface area contributed by atoms with Crippen LogP contribution in [0.2, 0.25) is 0 Å². The molecule has 3 rings (SSSR count). The SMILES string of the molecule is COc1cc(OC)cc(-c2nnc(NC(=O)C3C(/C=C(/Cl)C(F)(F)F)C3(C)C)s2)c1. The Kier molecular flexibility index (Phi) is 6.01. The van der Waals surface area contributed by atoms with Gasteiger partial charge in [-0.15, -0.1) is 10.2 Å². The summed E-state index contributed by atoms with van der Waals surface area (Å²) in [7, 11) is 3.05. The van der Waals surface area contributed by atoms with Crippen LogP contribution in [-0.2, 0) is 4.79 Å². The van der Waals surface area contributed by atoms with Crippen LogP contribution in [-0.4, -0.2) is 36.5 Å². The highest BCUT2D eigenvalue weighted by atomic mass is 35.5. The molecule has 2 atom stereocenters. The molecular weight excluding hydrogens is 443 g/mol. The minimum absolute atomic E-state index is 0.240. The Morgan fingerprint density at radius 1 is 1.20 bits per heavy atom. The Labute approximate surface area is 180 Å². The third kappa shape index (κ3) is 4.54. The van der Waals surface area contributed by atoms with Crippen LogP contribution in [0, 0.1) is 17.3 Å². The topological polar surface area (TPSA) is 73.3 Å². The van der Waals surface area contributed by atoms with Crippen molar-refractivity contribution in [2.75, 3.05) is 19.5 Å². The molecule has 1 aliphatic carbocycles. The van der Waals surface area contributed by atoms with Crippen LogP contribution in [0.15, 0.2) is 29.3 Å². The molecule has 1 aromatic carbocycles. The fourth-order valence-corrected chi connectivity index (χ4v) is 4.12. The minimum atomic E-state index is -4.63. The lowest BCUT2D eigenvalue weighted by molar-refractivity contribution is -0.118. The van der Waals surface area contributed by atoms with E-state index in [4.69, 9.17) is 21.1 Å². The van der Waals surface area contributed by atoms with E-state index in [1.54, 1.807) is 32.0 Å². The Bertz CT molecular complexity index is 969. The summed E-state index contributed by atoms with van der Waals surface area (Å²) >= 11 is 6.46. The molecule has 30 heavy (non-hydrogen) atoms. The summed E-state index contributed by atoms with van der Waals surface area (Å²) in [4.78, 5) is 12.6. The molecule has 162 valence electrons. The van der Waals surface area contributed by atoms with Gasteiger partial charge in [0, 0.05) is 11.6 Å². The summed E-state index contributed by atoms with van der Waals surface area (Å²) in [5.74, 6) is -0.569. The van der Waals surface area contributed by atoms with E-state index in [2.05, 4.69) is 15.5 Å². The maximum Gasteiger partial charge on any atom is 0.426 e. The van der Waals surface area contributed by atoms with Gasteiger partial charge in [0.25, 0.3) is 0 Å². The van der Waals surface area contributed by atoms with E-state index in [1.807, 2.05) is 0 Å². The number of allylic oxidation sites excluding steroid dienone is 2. The zero-order valence-corrected chi connectivity index (χ0v) is 18.1. The van der Waals surface area contributed by atoms with Gasteiger partial charge in [0.2, 0.25) is 11.0 Å². The largest absolute Gasteiger partial charge is 0.497 e. The zero-order chi connectivity index (χ0) is 22.3. The second-order valence-corrected chi connectivity index (χ2v) is 8.72. The van der Waals surface area contributed by atoms with Gasteiger partial charge in [0.05, 0.1) is 20.1 Å². The fourth-order valence-electron chi connectivity index (χ4n) is 3.25. The smallest absolute Gasteiger partial charge is 0.426 e. The maximum atomic E-state index is 12.7. The molecule has 0 saturated heterocycles. The predicted octanol–water partition coefficient (Wildman–Crippen LogP) is 5.12. The summed E-state index contributed by atoms with van der Waals surface area (Å²) < 4.78 is 48.6. The molecule has 0 bridgehead atoms. The molecule has 11 heteroatoms. The molecule has 0 aliphatic heterocycles. The van der Waals surface area contributed by atoms with E-state index < -0.39 is 34.4 Å². The van der Waals surface area contributed by atoms with Gasteiger partial charge in [-0.2, -0.15) is 13.2 Å². The molecular formula is C19H19ClF3N3O3S.